The molecule has 0 unspecified atom stereocenters. The van der Waals surface area contributed by atoms with E-state index in [0.29, 0.717) is 11.9 Å². The van der Waals surface area contributed by atoms with Gasteiger partial charge in [-0.05, 0) is 61.4 Å². The van der Waals surface area contributed by atoms with Crippen LogP contribution >= 0.6 is 11.6 Å². The number of carboxylic acid groups (broad SMARTS) is 1. The maximum absolute atomic E-state index is 13.6. The molecule has 2 bridgehead atoms. The van der Waals surface area contributed by atoms with Crippen molar-refractivity contribution in [1.29, 1.82) is 0 Å². The summed E-state index contributed by atoms with van der Waals surface area (Å²) in [5.41, 5.74) is 2.00. The Morgan fingerprint density at radius 2 is 1.83 bits per heavy atom. The first-order valence-electron chi connectivity index (χ1n) is 10.3. The van der Waals surface area contributed by atoms with Crippen LogP contribution in [0.4, 0.5) is 5.69 Å². The smallest absolute Gasteiger partial charge is 0.290 e. The van der Waals surface area contributed by atoms with Crippen molar-refractivity contribution in [2.45, 2.75) is 31.7 Å². The van der Waals surface area contributed by atoms with Crippen LogP contribution in [0.3, 0.4) is 0 Å². The number of nitrogens with zero attached hydrogens (tertiary/aromatic N) is 3. The Morgan fingerprint density at radius 1 is 1.17 bits per heavy atom. The summed E-state index contributed by atoms with van der Waals surface area (Å²) in [4.78, 5) is 30.6. The number of carbonyl (C=O) groups excluding carboxylic acids is 1. The normalized spacial score (nSPS) is 23.4. The number of anilines is 1. The van der Waals surface area contributed by atoms with Gasteiger partial charge in [-0.1, -0.05) is 23.7 Å². The van der Waals surface area contributed by atoms with E-state index in [-0.39, 0.29) is 11.9 Å². The van der Waals surface area contributed by atoms with E-state index in [4.69, 9.17) is 21.5 Å². The number of rotatable bonds is 4. The van der Waals surface area contributed by atoms with Gasteiger partial charge in [-0.15, -0.1) is 0 Å². The zero-order valence-corrected chi connectivity index (χ0v) is 17.5. The lowest BCUT2D eigenvalue weighted by Crippen LogP contribution is -2.65. The second kappa shape index (κ2) is 8.64. The molecule has 7 heteroatoms. The molecule has 158 valence electrons. The number of carbonyl (C=O) groups is 2. The van der Waals surface area contributed by atoms with Crippen molar-refractivity contribution in [3.8, 4) is 0 Å². The SMILES string of the molecule is O=C(N1C[C@H]2CC[C@H]1C2)C1(Cc2ccc(Cl)cc2)CN(c2ccncc2)C1.O=CO. The Bertz CT molecular complexity index is 884. The third kappa shape index (κ3) is 4.01. The van der Waals surface area contributed by atoms with Gasteiger partial charge in [0.25, 0.3) is 6.47 Å². The van der Waals surface area contributed by atoms with E-state index in [9.17, 15) is 4.79 Å². The highest BCUT2D eigenvalue weighted by Crippen LogP contribution is 2.44. The molecule has 2 aliphatic heterocycles. The number of pyridine rings is 1. The summed E-state index contributed by atoms with van der Waals surface area (Å²) in [6.45, 7) is 2.25. The summed E-state index contributed by atoms with van der Waals surface area (Å²) in [7, 11) is 0. The van der Waals surface area contributed by atoms with Gasteiger partial charge in [-0.2, -0.15) is 0 Å². The van der Waals surface area contributed by atoms with Gasteiger partial charge < -0.3 is 14.9 Å². The number of halogens is 1. The number of hydrogen-bond acceptors (Lipinski definition) is 4. The second-order valence-electron chi connectivity index (χ2n) is 8.54. The summed E-state index contributed by atoms with van der Waals surface area (Å²) >= 11 is 6.05. The maximum Gasteiger partial charge on any atom is 0.290 e. The van der Waals surface area contributed by atoms with Crippen LogP contribution in [-0.2, 0) is 16.0 Å². The number of piperidine rings is 1. The predicted molar refractivity (Wildman–Crippen MR) is 116 cm³/mol. The molecule has 3 heterocycles. The van der Waals surface area contributed by atoms with E-state index in [0.717, 1.165) is 42.7 Å². The monoisotopic (exact) mass is 427 g/mol. The van der Waals surface area contributed by atoms with Crippen molar-refractivity contribution in [1.82, 2.24) is 9.88 Å². The molecule has 2 atom stereocenters. The van der Waals surface area contributed by atoms with E-state index in [1.807, 2.05) is 36.7 Å². The van der Waals surface area contributed by atoms with Crippen LogP contribution in [0, 0.1) is 11.3 Å². The molecule has 1 amide bonds. The van der Waals surface area contributed by atoms with E-state index >= 15 is 0 Å². The fourth-order valence-corrected chi connectivity index (χ4v) is 5.34. The highest BCUT2D eigenvalue weighted by Gasteiger charge is 2.54. The molecule has 1 aromatic heterocycles. The van der Waals surface area contributed by atoms with Crippen LogP contribution in [0.5, 0.6) is 0 Å². The van der Waals surface area contributed by atoms with Gasteiger partial charge in [-0.25, -0.2) is 0 Å². The third-order valence-corrected chi connectivity index (χ3v) is 6.85. The summed E-state index contributed by atoms with van der Waals surface area (Å²) in [5.74, 6) is 1.08. The lowest BCUT2D eigenvalue weighted by Gasteiger charge is -2.52. The molecule has 6 nitrogen and oxygen atoms in total. The molecular formula is C23H26ClN3O3. The van der Waals surface area contributed by atoms with Crippen molar-refractivity contribution in [2.75, 3.05) is 24.5 Å². The van der Waals surface area contributed by atoms with E-state index < -0.39 is 0 Å². The van der Waals surface area contributed by atoms with E-state index in [1.54, 1.807) is 0 Å². The number of likely N-dealkylation sites (tertiary alicyclic amines) is 1. The quantitative estimate of drug-likeness (QED) is 0.756. The minimum atomic E-state index is -0.332. The van der Waals surface area contributed by atoms with Crippen LogP contribution in [0.2, 0.25) is 5.02 Å². The molecule has 3 fully saturated rings. The van der Waals surface area contributed by atoms with Crippen LogP contribution in [0.15, 0.2) is 48.8 Å². The molecule has 1 aromatic carbocycles. The Morgan fingerprint density at radius 3 is 2.40 bits per heavy atom. The van der Waals surface area contributed by atoms with Crippen molar-refractivity contribution in [2.24, 2.45) is 11.3 Å². The highest BCUT2D eigenvalue weighted by molar-refractivity contribution is 6.30. The van der Waals surface area contributed by atoms with E-state index in [1.165, 1.54) is 24.8 Å². The molecule has 0 spiro atoms. The standard InChI is InChI=1S/C22H24ClN3O.CH2O2/c23-18-4-1-16(2-5-18)12-22(14-25(15-22)19-7-9-24-10-8-19)21(27)26-13-17-3-6-20(26)11-17;2-1-3/h1-2,4-5,7-10,17,20H,3,6,11-15H2;1H,(H,2,3)/t17-,20-;/m0./s1. The van der Waals surface area contributed by atoms with Gasteiger partial charge in [0.05, 0.1) is 5.41 Å². The highest BCUT2D eigenvalue weighted by atomic mass is 35.5. The number of amides is 1. The molecule has 1 aliphatic carbocycles. The molecule has 5 rings (SSSR count). The number of hydrogen-bond donors (Lipinski definition) is 1. The summed E-state index contributed by atoms with van der Waals surface area (Å²) < 4.78 is 0. The molecule has 1 N–H and O–H groups in total. The fraction of sp³-hybridized carbons (Fsp3) is 0.435. The first-order chi connectivity index (χ1) is 14.5. The van der Waals surface area contributed by atoms with Crippen LogP contribution in [0.1, 0.15) is 24.8 Å². The molecule has 0 radical (unpaired) electrons. The largest absolute Gasteiger partial charge is 0.483 e. The number of aromatic nitrogens is 1. The maximum atomic E-state index is 13.6. The molecule has 3 aliphatic rings. The first-order valence-corrected chi connectivity index (χ1v) is 10.7. The van der Waals surface area contributed by atoms with Gasteiger partial charge in [-0.3, -0.25) is 14.6 Å². The Kier molecular flexibility index (Phi) is 5.95. The average molecular weight is 428 g/mol. The van der Waals surface area contributed by atoms with Gasteiger partial charge in [0.1, 0.15) is 0 Å². The molecule has 2 saturated heterocycles. The average Bonchev–Trinajstić information content (AvgIpc) is 3.36. The predicted octanol–water partition coefficient (Wildman–Crippen LogP) is 3.50. The number of benzene rings is 1. The van der Waals surface area contributed by atoms with Crippen LogP contribution in [0.25, 0.3) is 0 Å². The molecule has 30 heavy (non-hydrogen) atoms. The van der Waals surface area contributed by atoms with Gasteiger partial charge in [0, 0.05) is 48.8 Å². The van der Waals surface area contributed by atoms with Crippen molar-refractivity contribution in [3.05, 3.63) is 59.4 Å². The topological polar surface area (TPSA) is 73.7 Å². The minimum absolute atomic E-state index is 0.250. The third-order valence-electron chi connectivity index (χ3n) is 6.59. The van der Waals surface area contributed by atoms with Crippen LogP contribution < -0.4 is 4.90 Å². The Labute approximate surface area is 181 Å². The van der Waals surface area contributed by atoms with E-state index in [2.05, 4.69) is 26.9 Å². The van der Waals surface area contributed by atoms with Gasteiger partial charge in [0.15, 0.2) is 0 Å². The first kappa shape index (κ1) is 20.7. The lowest BCUT2D eigenvalue weighted by atomic mass is 9.73. The fourth-order valence-electron chi connectivity index (χ4n) is 5.22. The van der Waals surface area contributed by atoms with Gasteiger partial charge in [0.2, 0.25) is 5.91 Å². The van der Waals surface area contributed by atoms with Crippen molar-refractivity contribution >= 4 is 29.7 Å². The Hall–Kier alpha value is -2.60. The van der Waals surface area contributed by atoms with Crippen molar-refractivity contribution < 1.29 is 14.7 Å². The van der Waals surface area contributed by atoms with Crippen LogP contribution in [-0.4, -0.2) is 53.0 Å². The Balaban J connectivity index is 0.000000687. The molecule has 2 aromatic rings. The lowest BCUT2D eigenvalue weighted by molar-refractivity contribution is -0.145. The minimum Gasteiger partial charge on any atom is -0.483 e. The number of fused-ring (bicyclic) bond motifs is 2. The zero-order valence-electron chi connectivity index (χ0n) is 16.8. The zero-order chi connectivity index (χ0) is 21.1. The summed E-state index contributed by atoms with van der Waals surface area (Å²) in [6, 6.07) is 12.5. The summed E-state index contributed by atoms with van der Waals surface area (Å²) in [5, 5.41) is 7.63. The molecular weight excluding hydrogens is 402 g/mol. The van der Waals surface area contributed by atoms with Crippen molar-refractivity contribution in [3.63, 3.8) is 0 Å². The van der Waals surface area contributed by atoms with Gasteiger partial charge >= 0.3 is 0 Å². The second-order valence-corrected chi connectivity index (χ2v) is 8.98. The molecule has 1 saturated carbocycles. The summed E-state index contributed by atoms with van der Waals surface area (Å²) in [6.07, 6.45) is 8.09.